The Balaban J connectivity index is 1.79. The van der Waals surface area contributed by atoms with Gasteiger partial charge in [-0.2, -0.15) is 0 Å². The van der Waals surface area contributed by atoms with Crippen LogP contribution in [0.1, 0.15) is 27.6 Å². The minimum absolute atomic E-state index is 0.166. The summed E-state index contributed by atoms with van der Waals surface area (Å²) in [6.07, 6.45) is 0.635. The van der Waals surface area contributed by atoms with Crippen molar-refractivity contribution >= 4 is 5.78 Å². The molecule has 0 aliphatic heterocycles. The number of aromatic nitrogens is 3. The topological polar surface area (TPSA) is 58.6 Å². The molecule has 0 saturated heterocycles. The molecule has 98 valence electrons. The Hall–Kier alpha value is -2.75. The van der Waals surface area contributed by atoms with Gasteiger partial charge < -0.3 is 0 Å². The van der Waals surface area contributed by atoms with Gasteiger partial charge in [0.25, 0.3) is 0 Å². The van der Waals surface area contributed by atoms with Crippen LogP contribution in [0.4, 0.5) is 0 Å². The van der Waals surface area contributed by atoms with E-state index in [0.29, 0.717) is 17.8 Å². The number of benzene rings is 2. The molecule has 0 unspecified atom stereocenters. The molecule has 3 rings (SSSR count). The van der Waals surface area contributed by atoms with E-state index in [1.54, 1.807) is 12.1 Å². The van der Waals surface area contributed by atoms with E-state index in [2.05, 4.69) is 15.2 Å². The minimum atomic E-state index is -0.166. The first kappa shape index (κ1) is 12.3. The highest BCUT2D eigenvalue weighted by molar-refractivity contribution is 6.06. The summed E-state index contributed by atoms with van der Waals surface area (Å²) in [5.74, 6) is 0.735. The summed E-state index contributed by atoms with van der Waals surface area (Å²) in [5, 5.41) is 6.83. The molecule has 1 aromatic heterocycles. The van der Waals surface area contributed by atoms with Crippen molar-refractivity contribution in [3.63, 3.8) is 0 Å². The number of aromatic amines is 1. The zero-order chi connectivity index (χ0) is 13.8. The normalized spacial score (nSPS) is 10.4. The largest absolute Gasteiger partial charge is 0.285 e. The van der Waals surface area contributed by atoms with E-state index in [9.17, 15) is 4.79 Å². The fraction of sp³-hybridized carbons (Fsp3) is 0.0625. The summed E-state index contributed by atoms with van der Waals surface area (Å²) >= 11 is 0. The monoisotopic (exact) mass is 263 g/mol. The van der Waals surface area contributed by atoms with Crippen molar-refractivity contribution in [2.45, 2.75) is 6.42 Å². The second kappa shape index (κ2) is 5.48. The van der Waals surface area contributed by atoms with Crippen LogP contribution in [0.15, 0.2) is 60.7 Å². The molecule has 0 amide bonds. The van der Waals surface area contributed by atoms with Gasteiger partial charge in [-0.15, -0.1) is 5.10 Å². The molecule has 3 aromatic rings. The molecule has 0 atom stereocenters. The highest BCUT2D eigenvalue weighted by atomic mass is 16.1. The van der Waals surface area contributed by atoms with Crippen molar-refractivity contribution in [2.24, 2.45) is 0 Å². The van der Waals surface area contributed by atoms with E-state index >= 15 is 0 Å². The quantitative estimate of drug-likeness (QED) is 0.736. The molecular weight excluding hydrogens is 250 g/mol. The number of ketones is 1. The molecule has 20 heavy (non-hydrogen) atoms. The van der Waals surface area contributed by atoms with Crippen LogP contribution < -0.4 is 0 Å². The number of H-pyrrole nitrogens is 1. The van der Waals surface area contributed by atoms with Gasteiger partial charge in [0.15, 0.2) is 0 Å². The lowest BCUT2D eigenvalue weighted by molar-refractivity contribution is 0.102. The van der Waals surface area contributed by atoms with Gasteiger partial charge in [0.1, 0.15) is 5.82 Å². The lowest BCUT2D eigenvalue weighted by Gasteiger charge is -1.96. The molecular formula is C16H13N3O. The Morgan fingerprint density at radius 1 is 0.950 bits per heavy atom. The summed E-state index contributed by atoms with van der Waals surface area (Å²) in [6, 6.07) is 19.0. The lowest BCUT2D eigenvalue weighted by atomic mass is 10.1. The summed E-state index contributed by atoms with van der Waals surface area (Å²) in [6.45, 7) is 0. The van der Waals surface area contributed by atoms with Gasteiger partial charge in [-0.05, 0) is 5.56 Å². The van der Waals surface area contributed by atoms with Crippen molar-refractivity contribution in [3.8, 4) is 0 Å². The Bertz CT molecular complexity index is 705. The molecule has 0 bridgehead atoms. The summed E-state index contributed by atoms with van der Waals surface area (Å²) in [7, 11) is 0. The maximum atomic E-state index is 12.2. The van der Waals surface area contributed by atoms with E-state index in [1.807, 2.05) is 48.5 Å². The van der Waals surface area contributed by atoms with E-state index in [4.69, 9.17) is 0 Å². The molecule has 1 heterocycles. The molecule has 0 aliphatic carbocycles. The van der Waals surface area contributed by atoms with Gasteiger partial charge in [-0.25, -0.2) is 4.98 Å². The number of rotatable bonds is 4. The molecule has 0 spiro atoms. The van der Waals surface area contributed by atoms with Crippen LogP contribution in [0.3, 0.4) is 0 Å². The molecule has 0 fully saturated rings. The van der Waals surface area contributed by atoms with Crippen LogP contribution >= 0.6 is 0 Å². The Morgan fingerprint density at radius 2 is 1.60 bits per heavy atom. The Labute approximate surface area is 116 Å². The van der Waals surface area contributed by atoms with Crippen LogP contribution in [0.25, 0.3) is 0 Å². The van der Waals surface area contributed by atoms with Crippen molar-refractivity contribution in [3.05, 3.63) is 83.4 Å². The van der Waals surface area contributed by atoms with Gasteiger partial charge in [0.05, 0.1) is 0 Å². The average molecular weight is 263 g/mol. The van der Waals surface area contributed by atoms with Crippen LogP contribution in [0.5, 0.6) is 0 Å². The molecule has 4 heteroatoms. The maximum absolute atomic E-state index is 12.2. The molecule has 0 aliphatic rings. The molecule has 0 radical (unpaired) electrons. The second-order valence-corrected chi connectivity index (χ2v) is 4.46. The minimum Gasteiger partial charge on any atom is -0.285 e. The number of nitrogens with zero attached hydrogens (tertiary/aromatic N) is 2. The summed E-state index contributed by atoms with van der Waals surface area (Å²) in [5.41, 5.74) is 1.72. The average Bonchev–Trinajstić information content (AvgIpc) is 2.97. The molecule has 1 N–H and O–H groups in total. The second-order valence-electron chi connectivity index (χ2n) is 4.46. The zero-order valence-electron chi connectivity index (χ0n) is 10.8. The fourth-order valence-corrected chi connectivity index (χ4v) is 1.98. The molecule has 4 nitrogen and oxygen atoms in total. The smallest absolute Gasteiger partial charge is 0.232 e. The van der Waals surface area contributed by atoms with Gasteiger partial charge in [0, 0.05) is 12.0 Å². The number of carbonyl (C=O) groups is 1. The maximum Gasteiger partial charge on any atom is 0.232 e. The SMILES string of the molecule is O=C(c1ccccc1)c1n[nH]c(Cc2ccccc2)n1. The van der Waals surface area contributed by atoms with Gasteiger partial charge in [-0.3, -0.25) is 9.89 Å². The van der Waals surface area contributed by atoms with Gasteiger partial charge in [-0.1, -0.05) is 60.7 Å². The molecule has 2 aromatic carbocycles. The lowest BCUT2D eigenvalue weighted by Crippen LogP contribution is -2.03. The van der Waals surface area contributed by atoms with Crippen molar-refractivity contribution in [1.82, 2.24) is 15.2 Å². The van der Waals surface area contributed by atoms with E-state index in [0.717, 1.165) is 5.56 Å². The predicted molar refractivity (Wildman–Crippen MR) is 75.5 cm³/mol. The first-order chi connectivity index (χ1) is 9.83. The molecule has 0 saturated carbocycles. The van der Waals surface area contributed by atoms with E-state index in [-0.39, 0.29) is 11.6 Å². The van der Waals surface area contributed by atoms with Crippen molar-refractivity contribution in [1.29, 1.82) is 0 Å². The Morgan fingerprint density at radius 3 is 2.30 bits per heavy atom. The van der Waals surface area contributed by atoms with Crippen LogP contribution in [0.2, 0.25) is 0 Å². The van der Waals surface area contributed by atoms with Gasteiger partial charge in [0.2, 0.25) is 11.6 Å². The van der Waals surface area contributed by atoms with E-state index < -0.39 is 0 Å². The van der Waals surface area contributed by atoms with Crippen molar-refractivity contribution in [2.75, 3.05) is 0 Å². The van der Waals surface area contributed by atoms with Crippen molar-refractivity contribution < 1.29 is 4.79 Å². The number of hydrogen-bond acceptors (Lipinski definition) is 3. The van der Waals surface area contributed by atoms with Crippen LogP contribution in [0, 0.1) is 0 Å². The fourth-order valence-electron chi connectivity index (χ4n) is 1.98. The third kappa shape index (κ3) is 2.64. The van der Waals surface area contributed by atoms with Crippen LogP contribution in [-0.4, -0.2) is 21.0 Å². The third-order valence-electron chi connectivity index (χ3n) is 2.99. The number of hydrogen-bond donors (Lipinski definition) is 1. The van der Waals surface area contributed by atoms with Gasteiger partial charge >= 0.3 is 0 Å². The standard InChI is InChI=1S/C16H13N3O/c20-15(13-9-5-2-6-10-13)16-17-14(18-19-16)11-12-7-3-1-4-8-12/h1-10H,11H2,(H,17,18,19). The first-order valence-electron chi connectivity index (χ1n) is 6.38. The highest BCUT2D eigenvalue weighted by Gasteiger charge is 2.14. The highest BCUT2D eigenvalue weighted by Crippen LogP contribution is 2.08. The third-order valence-corrected chi connectivity index (χ3v) is 2.99. The summed E-state index contributed by atoms with van der Waals surface area (Å²) < 4.78 is 0. The van der Waals surface area contributed by atoms with Crippen LogP contribution in [-0.2, 0) is 6.42 Å². The number of nitrogens with one attached hydrogen (secondary N) is 1. The predicted octanol–water partition coefficient (Wildman–Crippen LogP) is 2.63. The summed E-state index contributed by atoms with van der Waals surface area (Å²) in [4.78, 5) is 16.4. The Kier molecular flexibility index (Phi) is 3.37. The number of carbonyl (C=O) groups excluding carboxylic acids is 1. The first-order valence-corrected chi connectivity index (χ1v) is 6.38. The van der Waals surface area contributed by atoms with E-state index in [1.165, 1.54) is 0 Å². The zero-order valence-corrected chi connectivity index (χ0v) is 10.8.